The Morgan fingerprint density at radius 1 is 1.20 bits per heavy atom. The molecule has 2 aromatic carbocycles. The Hall–Kier alpha value is -2.98. The predicted octanol–water partition coefficient (Wildman–Crippen LogP) is 3.78. The molecule has 0 saturated heterocycles. The molecule has 1 amide bonds. The number of hydrogen-bond donors (Lipinski definition) is 1. The monoisotopic (exact) mass is 268 g/mol. The zero-order chi connectivity index (χ0) is 14.4. The molecule has 1 N–H and O–H groups in total. The molecule has 0 aromatic heterocycles. The molecule has 0 atom stereocenters. The zero-order valence-electron chi connectivity index (χ0n) is 10.8. The third-order valence-corrected chi connectivity index (χ3v) is 2.56. The van der Waals surface area contributed by atoms with Crippen LogP contribution in [0.3, 0.4) is 0 Å². The second kappa shape index (κ2) is 6.26. The van der Waals surface area contributed by atoms with Gasteiger partial charge in [-0.25, -0.2) is 0 Å². The molecule has 0 heterocycles. The van der Waals surface area contributed by atoms with Crippen LogP contribution < -0.4 is 10.1 Å². The summed E-state index contributed by atoms with van der Waals surface area (Å²) in [6.07, 6.45) is 0. The molecule has 0 aliphatic rings. The number of carbonyl (C=O) groups is 1. The van der Waals surface area contributed by atoms with Gasteiger partial charge >= 0.3 is 0 Å². The van der Waals surface area contributed by atoms with E-state index in [1.165, 1.54) is 0 Å². The molecule has 2 aromatic rings. The number of nitrogens with zero attached hydrogens (tertiary/aromatic N) is 3. The molecule has 2 rings (SSSR count). The van der Waals surface area contributed by atoms with E-state index in [0.717, 1.165) is 0 Å². The van der Waals surface area contributed by atoms with E-state index in [2.05, 4.69) is 15.3 Å². The fraction of sp³-hybridized carbons (Fsp3) is 0.0714. The average molecular weight is 268 g/mol. The summed E-state index contributed by atoms with van der Waals surface area (Å²) < 4.78 is 5.63. The summed E-state index contributed by atoms with van der Waals surface area (Å²) in [5.74, 6) is 0.979. The lowest BCUT2D eigenvalue weighted by atomic mass is 10.2. The summed E-state index contributed by atoms with van der Waals surface area (Å²) in [6, 6.07) is 13.5. The van der Waals surface area contributed by atoms with Gasteiger partial charge in [0.1, 0.15) is 11.5 Å². The van der Waals surface area contributed by atoms with Gasteiger partial charge in [-0.05, 0) is 48.0 Å². The van der Waals surface area contributed by atoms with Gasteiger partial charge in [0.2, 0.25) is 0 Å². The fourth-order valence-corrected chi connectivity index (χ4v) is 1.61. The van der Waals surface area contributed by atoms with Crippen LogP contribution >= 0.6 is 0 Å². The normalized spacial score (nSPS) is 9.45. The Bertz CT molecular complexity index is 661. The molecule has 0 bridgehead atoms. The maximum atomic E-state index is 11.5. The zero-order valence-corrected chi connectivity index (χ0v) is 10.8. The molecule has 6 nitrogen and oxygen atoms in total. The molecule has 0 fully saturated rings. The fourth-order valence-electron chi connectivity index (χ4n) is 1.61. The summed E-state index contributed by atoms with van der Waals surface area (Å²) in [7, 11) is 1.57. The summed E-state index contributed by atoms with van der Waals surface area (Å²) in [5, 5.41) is 6.03. The van der Waals surface area contributed by atoms with Crippen LogP contribution in [0.1, 0.15) is 10.4 Å². The van der Waals surface area contributed by atoms with Crippen molar-refractivity contribution in [3.8, 4) is 11.5 Å². The number of nitrogens with one attached hydrogen (secondary N) is 1. The SMILES string of the molecule is CNC(=O)c1cccc(Oc2ccc(N=[N+]=[N-])cc2)c1. The van der Waals surface area contributed by atoms with Gasteiger partial charge in [0.15, 0.2) is 0 Å². The smallest absolute Gasteiger partial charge is 0.251 e. The first-order valence-electron chi connectivity index (χ1n) is 5.88. The van der Waals surface area contributed by atoms with E-state index < -0.39 is 0 Å². The molecule has 0 unspecified atom stereocenters. The summed E-state index contributed by atoms with van der Waals surface area (Å²) in [6.45, 7) is 0. The van der Waals surface area contributed by atoms with Crippen molar-refractivity contribution in [1.29, 1.82) is 0 Å². The highest BCUT2D eigenvalue weighted by atomic mass is 16.5. The lowest BCUT2D eigenvalue weighted by molar-refractivity contribution is 0.0963. The van der Waals surface area contributed by atoms with Crippen molar-refractivity contribution in [2.75, 3.05) is 7.05 Å². The van der Waals surface area contributed by atoms with Crippen LogP contribution in [-0.4, -0.2) is 13.0 Å². The first-order chi connectivity index (χ1) is 9.72. The maximum absolute atomic E-state index is 11.5. The molecule has 20 heavy (non-hydrogen) atoms. The second-order valence-corrected chi connectivity index (χ2v) is 3.89. The van der Waals surface area contributed by atoms with Gasteiger partial charge < -0.3 is 10.1 Å². The van der Waals surface area contributed by atoms with Crippen LogP contribution in [0, 0.1) is 0 Å². The lowest BCUT2D eigenvalue weighted by Crippen LogP contribution is -2.17. The largest absolute Gasteiger partial charge is 0.457 e. The van der Waals surface area contributed by atoms with E-state index in [1.54, 1.807) is 55.6 Å². The number of hydrogen-bond acceptors (Lipinski definition) is 3. The first kappa shape index (κ1) is 13.5. The predicted molar refractivity (Wildman–Crippen MR) is 75.2 cm³/mol. The van der Waals surface area contributed by atoms with Crippen LogP contribution in [0.25, 0.3) is 10.4 Å². The molecular weight excluding hydrogens is 256 g/mol. The number of carbonyl (C=O) groups excluding carboxylic acids is 1. The Labute approximate surface area is 115 Å². The highest BCUT2D eigenvalue weighted by molar-refractivity contribution is 5.94. The van der Waals surface area contributed by atoms with E-state index in [-0.39, 0.29) is 5.91 Å². The Morgan fingerprint density at radius 3 is 2.60 bits per heavy atom. The minimum atomic E-state index is -0.172. The Kier molecular flexibility index (Phi) is 4.21. The second-order valence-electron chi connectivity index (χ2n) is 3.89. The molecule has 6 heteroatoms. The molecule has 0 spiro atoms. The number of rotatable bonds is 4. The van der Waals surface area contributed by atoms with E-state index in [4.69, 9.17) is 10.3 Å². The van der Waals surface area contributed by atoms with E-state index in [1.807, 2.05) is 0 Å². The van der Waals surface area contributed by atoms with E-state index in [0.29, 0.717) is 22.7 Å². The molecule has 0 aliphatic heterocycles. The van der Waals surface area contributed by atoms with Crippen molar-refractivity contribution >= 4 is 11.6 Å². The van der Waals surface area contributed by atoms with Crippen LogP contribution in [-0.2, 0) is 0 Å². The number of amides is 1. The molecule has 0 saturated carbocycles. The van der Waals surface area contributed by atoms with Crippen molar-refractivity contribution in [2.45, 2.75) is 0 Å². The van der Waals surface area contributed by atoms with Crippen molar-refractivity contribution in [1.82, 2.24) is 5.32 Å². The van der Waals surface area contributed by atoms with Gasteiger partial charge in [0.05, 0.1) is 0 Å². The quantitative estimate of drug-likeness (QED) is 0.519. The van der Waals surface area contributed by atoms with Crippen LogP contribution in [0.15, 0.2) is 53.6 Å². The van der Waals surface area contributed by atoms with Gasteiger partial charge in [-0.3, -0.25) is 4.79 Å². The molecule has 0 aliphatic carbocycles. The highest BCUT2D eigenvalue weighted by Gasteiger charge is 2.04. The van der Waals surface area contributed by atoms with Crippen LogP contribution in [0.2, 0.25) is 0 Å². The van der Waals surface area contributed by atoms with Crippen molar-refractivity contribution in [3.05, 3.63) is 64.5 Å². The average Bonchev–Trinajstić information content (AvgIpc) is 2.49. The van der Waals surface area contributed by atoms with Gasteiger partial charge in [-0.2, -0.15) is 0 Å². The minimum absolute atomic E-state index is 0.172. The maximum Gasteiger partial charge on any atom is 0.251 e. The minimum Gasteiger partial charge on any atom is -0.457 e. The van der Waals surface area contributed by atoms with Gasteiger partial charge in [0.25, 0.3) is 5.91 Å². The third-order valence-electron chi connectivity index (χ3n) is 2.56. The lowest BCUT2D eigenvalue weighted by Gasteiger charge is -2.07. The van der Waals surface area contributed by atoms with E-state index >= 15 is 0 Å². The summed E-state index contributed by atoms with van der Waals surface area (Å²) >= 11 is 0. The van der Waals surface area contributed by atoms with Crippen molar-refractivity contribution in [2.24, 2.45) is 5.11 Å². The number of benzene rings is 2. The third kappa shape index (κ3) is 3.28. The number of ether oxygens (including phenoxy) is 1. The van der Waals surface area contributed by atoms with Gasteiger partial charge in [-0.1, -0.05) is 11.2 Å². The highest BCUT2D eigenvalue weighted by Crippen LogP contribution is 2.24. The summed E-state index contributed by atoms with van der Waals surface area (Å²) in [4.78, 5) is 14.2. The standard InChI is InChI=1S/C14H12N4O2/c1-16-14(19)10-3-2-4-13(9-10)20-12-7-5-11(6-8-12)17-18-15/h2-9H,1H3,(H,16,19). The van der Waals surface area contributed by atoms with Crippen LogP contribution in [0.5, 0.6) is 11.5 Å². The number of azide groups is 1. The van der Waals surface area contributed by atoms with Gasteiger partial charge in [-0.15, -0.1) is 0 Å². The Morgan fingerprint density at radius 2 is 1.95 bits per heavy atom. The first-order valence-corrected chi connectivity index (χ1v) is 5.88. The van der Waals surface area contributed by atoms with Crippen molar-refractivity contribution < 1.29 is 9.53 Å². The topological polar surface area (TPSA) is 87.1 Å². The van der Waals surface area contributed by atoms with Crippen molar-refractivity contribution in [3.63, 3.8) is 0 Å². The molecule has 0 radical (unpaired) electrons. The summed E-state index contributed by atoms with van der Waals surface area (Å²) in [5.41, 5.74) is 9.36. The molecule has 100 valence electrons. The molecular formula is C14H12N4O2. The van der Waals surface area contributed by atoms with E-state index in [9.17, 15) is 4.79 Å². The van der Waals surface area contributed by atoms with Crippen LogP contribution in [0.4, 0.5) is 5.69 Å². The Balaban J connectivity index is 2.17. The van der Waals surface area contributed by atoms with Gasteiger partial charge in [0, 0.05) is 23.2 Å².